The first-order chi connectivity index (χ1) is 10.9. The Morgan fingerprint density at radius 3 is 2.22 bits per heavy atom. The molecular weight excluding hydrogens is 276 g/mol. The maximum Gasteiger partial charge on any atom is 0.0246 e. The molecule has 2 saturated carbocycles. The van der Waals surface area contributed by atoms with Gasteiger partial charge < -0.3 is 0 Å². The Hall–Kier alpha value is -1.04. The molecule has 0 heteroatoms. The molecule has 1 spiro atoms. The normalized spacial score (nSPS) is 27.4. The second-order valence-corrected chi connectivity index (χ2v) is 9.68. The summed E-state index contributed by atoms with van der Waals surface area (Å²) in [5.41, 5.74) is 5.85. The Morgan fingerprint density at radius 1 is 0.913 bits per heavy atom. The molecule has 0 unspecified atom stereocenters. The molecule has 0 amide bonds. The second kappa shape index (κ2) is 4.98. The monoisotopic (exact) mass is 308 g/mol. The van der Waals surface area contributed by atoms with Crippen molar-refractivity contribution in [1.29, 1.82) is 0 Å². The smallest absolute Gasteiger partial charge is 0.0246 e. The van der Waals surface area contributed by atoms with Gasteiger partial charge in [0.05, 0.1) is 0 Å². The molecule has 23 heavy (non-hydrogen) atoms. The van der Waals surface area contributed by atoms with Crippen LogP contribution in [0.3, 0.4) is 0 Å². The molecule has 3 aliphatic carbocycles. The quantitative estimate of drug-likeness (QED) is 0.567. The summed E-state index contributed by atoms with van der Waals surface area (Å²) in [5.74, 6) is 0.921. The average Bonchev–Trinajstić information content (AvgIpc) is 2.86. The van der Waals surface area contributed by atoms with E-state index in [-0.39, 0.29) is 5.41 Å². The Kier molecular flexibility index (Phi) is 3.35. The molecule has 1 aromatic rings. The van der Waals surface area contributed by atoms with E-state index in [1.165, 1.54) is 44.9 Å². The summed E-state index contributed by atoms with van der Waals surface area (Å²) in [6, 6.07) is 9.30. The van der Waals surface area contributed by atoms with Gasteiger partial charge in [0.15, 0.2) is 0 Å². The minimum atomic E-state index is 0.251. The van der Waals surface area contributed by atoms with Crippen LogP contribution in [-0.4, -0.2) is 0 Å². The van der Waals surface area contributed by atoms with E-state index < -0.39 is 0 Å². The van der Waals surface area contributed by atoms with Crippen LogP contribution in [0.4, 0.5) is 0 Å². The van der Waals surface area contributed by atoms with Crippen molar-refractivity contribution in [3.8, 4) is 0 Å². The van der Waals surface area contributed by atoms with E-state index in [0.717, 1.165) is 5.92 Å². The van der Waals surface area contributed by atoms with E-state index in [4.69, 9.17) is 0 Å². The van der Waals surface area contributed by atoms with Gasteiger partial charge in [0.25, 0.3) is 0 Å². The number of hydrogen-bond donors (Lipinski definition) is 0. The molecule has 0 aromatic heterocycles. The molecule has 0 heterocycles. The molecule has 0 aliphatic heterocycles. The van der Waals surface area contributed by atoms with Gasteiger partial charge in [-0.05, 0) is 46.3 Å². The zero-order valence-corrected chi connectivity index (χ0v) is 15.4. The van der Waals surface area contributed by atoms with E-state index in [2.05, 4.69) is 58.0 Å². The fourth-order valence-electron chi connectivity index (χ4n) is 6.71. The van der Waals surface area contributed by atoms with Crippen LogP contribution in [0.15, 0.2) is 30.3 Å². The summed E-state index contributed by atoms with van der Waals surface area (Å²) in [6.45, 7) is 9.92. The molecule has 0 bridgehead atoms. The van der Waals surface area contributed by atoms with Crippen LogP contribution >= 0.6 is 0 Å². The van der Waals surface area contributed by atoms with E-state index >= 15 is 0 Å². The zero-order valence-electron chi connectivity index (χ0n) is 15.4. The zero-order chi connectivity index (χ0) is 16.3. The summed E-state index contributed by atoms with van der Waals surface area (Å²) < 4.78 is 0. The number of allylic oxidation sites excluding steroid dienone is 2. The van der Waals surface area contributed by atoms with Crippen LogP contribution in [0.1, 0.15) is 83.8 Å². The van der Waals surface area contributed by atoms with Gasteiger partial charge in [-0.2, -0.15) is 0 Å². The molecule has 0 saturated heterocycles. The first kappa shape index (κ1) is 15.5. The van der Waals surface area contributed by atoms with Crippen molar-refractivity contribution < 1.29 is 0 Å². The third-order valence-corrected chi connectivity index (χ3v) is 7.34. The van der Waals surface area contributed by atoms with Crippen LogP contribution in [0, 0.1) is 16.7 Å². The molecule has 0 atom stereocenters. The highest BCUT2D eigenvalue weighted by Crippen LogP contribution is 2.72. The van der Waals surface area contributed by atoms with Gasteiger partial charge in [0, 0.05) is 5.41 Å². The van der Waals surface area contributed by atoms with Crippen LogP contribution in [-0.2, 0) is 5.41 Å². The van der Waals surface area contributed by atoms with E-state index in [1.807, 2.05) is 0 Å². The molecule has 1 aromatic carbocycles. The first-order valence-corrected chi connectivity index (χ1v) is 9.69. The Bertz CT molecular complexity index is 624. The highest BCUT2D eigenvalue weighted by Gasteiger charge is 2.66. The Morgan fingerprint density at radius 2 is 1.57 bits per heavy atom. The van der Waals surface area contributed by atoms with Crippen LogP contribution in [0.2, 0.25) is 0 Å². The van der Waals surface area contributed by atoms with Crippen LogP contribution in [0.5, 0.6) is 0 Å². The fourth-order valence-corrected chi connectivity index (χ4v) is 6.71. The summed E-state index contributed by atoms with van der Waals surface area (Å²) in [7, 11) is 0. The lowest BCUT2D eigenvalue weighted by molar-refractivity contribution is -0.0814. The summed E-state index contributed by atoms with van der Waals surface area (Å²) in [5, 5.41) is 0. The molecule has 0 N–H and O–H groups in total. The minimum absolute atomic E-state index is 0.251. The average molecular weight is 309 g/mol. The molecule has 2 fully saturated rings. The molecule has 124 valence electrons. The largest absolute Gasteiger partial charge is 0.0690 e. The molecular formula is C23H32. The van der Waals surface area contributed by atoms with Crippen molar-refractivity contribution in [3.05, 3.63) is 41.5 Å². The third kappa shape index (κ3) is 2.03. The second-order valence-electron chi connectivity index (χ2n) is 9.68. The van der Waals surface area contributed by atoms with Gasteiger partial charge in [-0.1, -0.05) is 90.1 Å². The van der Waals surface area contributed by atoms with Crippen molar-refractivity contribution in [1.82, 2.24) is 0 Å². The van der Waals surface area contributed by atoms with E-state index in [9.17, 15) is 0 Å². The number of rotatable bonds is 2. The predicted molar refractivity (Wildman–Crippen MR) is 99.5 cm³/mol. The minimum Gasteiger partial charge on any atom is -0.0690 e. The van der Waals surface area contributed by atoms with Gasteiger partial charge in [0.2, 0.25) is 0 Å². The first-order valence-electron chi connectivity index (χ1n) is 9.69. The fraction of sp³-hybridized carbons (Fsp3) is 0.652. The maximum atomic E-state index is 2.72. The highest BCUT2D eigenvalue weighted by molar-refractivity contribution is 5.79. The van der Waals surface area contributed by atoms with Crippen LogP contribution in [0.25, 0.3) is 5.57 Å². The van der Waals surface area contributed by atoms with Crippen molar-refractivity contribution in [2.24, 2.45) is 16.7 Å². The topological polar surface area (TPSA) is 0 Å². The van der Waals surface area contributed by atoms with Crippen molar-refractivity contribution in [2.45, 2.75) is 78.1 Å². The SMILES string of the molecule is CC1(C)CC(C)(C)C12C=C(CC1CCCCC1)c1ccccc12. The molecule has 0 radical (unpaired) electrons. The van der Waals surface area contributed by atoms with Crippen molar-refractivity contribution in [2.75, 3.05) is 0 Å². The summed E-state index contributed by atoms with van der Waals surface area (Å²) in [4.78, 5) is 0. The highest BCUT2D eigenvalue weighted by atomic mass is 14.7. The standard InChI is InChI=1S/C23H32/c1-21(2)16-22(3,4)23(21)15-18(14-17-10-6-5-7-11-17)19-12-8-9-13-20(19)23/h8-9,12-13,15,17H,5-7,10-11,14,16H2,1-4H3. The van der Waals surface area contributed by atoms with Gasteiger partial charge in [0.1, 0.15) is 0 Å². The lowest BCUT2D eigenvalue weighted by Crippen LogP contribution is -2.62. The lowest BCUT2D eigenvalue weighted by Gasteiger charge is -2.66. The Labute approximate surface area is 142 Å². The summed E-state index contributed by atoms with van der Waals surface area (Å²) in [6.07, 6.45) is 12.6. The molecule has 0 nitrogen and oxygen atoms in total. The van der Waals surface area contributed by atoms with Crippen molar-refractivity contribution in [3.63, 3.8) is 0 Å². The summed E-state index contributed by atoms with van der Waals surface area (Å²) >= 11 is 0. The number of hydrogen-bond acceptors (Lipinski definition) is 0. The number of benzene rings is 1. The van der Waals surface area contributed by atoms with Gasteiger partial charge >= 0.3 is 0 Å². The van der Waals surface area contributed by atoms with Gasteiger partial charge in [-0.25, -0.2) is 0 Å². The number of fused-ring (bicyclic) bond motifs is 2. The molecule has 4 rings (SSSR count). The van der Waals surface area contributed by atoms with E-state index in [0.29, 0.717) is 10.8 Å². The Balaban J connectivity index is 1.76. The van der Waals surface area contributed by atoms with Crippen molar-refractivity contribution >= 4 is 5.57 Å². The molecule has 3 aliphatic rings. The van der Waals surface area contributed by atoms with E-state index in [1.54, 1.807) is 16.7 Å². The van der Waals surface area contributed by atoms with Crippen LogP contribution < -0.4 is 0 Å². The van der Waals surface area contributed by atoms with Gasteiger partial charge in [-0.15, -0.1) is 0 Å². The van der Waals surface area contributed by atoms with Gasteiger partial charge in [-0.3, -0.25) is 0 Å². The third-order valence-electron chi connectivity index (χ3n) is 7.34. The maximum absolute atomic E-state index is 2.72. The predicted octanol–water partition coefficient (Wildman–Crippen LogP) is 6.75. The lowest BCUT2D eigenvalue weighted by atomic mass is 9.37.